The van der Waals surface area contributed by atoms with Gasteiger partial charge in [-0.3, -0.25) is 9.69 Å². The van der Waals surface area contributed by atoms with Crippen LogP contribution in [0.25, 0.3) is 0 Å². The molecule has 1 aromatic rings. The second-order valence-corrected chi connectivity index (χ2v) is 3.99. The quantitative estimate of drug-likeness (QED) is 0.686. The number of aryl methyl sites for hydroxylation is 1. The van der Waals surface area contributed by atoms with Crippen molar-refractivity contribution in [1.82, 2.24) is 14.8 Å². The monoisotopic (exact) mass is 234 g/mol. The minimum Gasteiger partial charge on any atom is -0.438 e. The Morgan fingerprint density at radius 1 is 1.53 bits per heavy atom. The van der Waals surface area contributed by atoms with Gasteiger partial charge in [-0.2, -0.15) is 5.26 Å². The van der Waals surface area contributed by atoms with E-state index in [0.717, 1.165) is 13.1 Å². The normalized spacial score (nSPS) is 16.8. The molecular formula is C11H14N4O2. The average molecular weight is 234 g/mol. The minimum absolute atomic E-state index is 0.114. The van der Waals surface area contributed by atoms with Gasteiger partial charge in [0.05, 0.1) is 18.3 Å². The molecule has 1 aliphatic rings. The molecule has 1 aliphatic heterocycles. The highest BCUT2D eigenvalue weighted by Crippen LogP contribution is 2.11. The topological polar surface area (TPSA) is 73.4 Å². The smallest absolute Gasteiger partial charge is 0.291 e. The molecule has 6 nitrogen and oxygen atoms in total. The van der Waals surface area contributed by atoms with E-state index in [9.17, 15) is 4.79 Å². The lowest BCUT2D eigenvalue weighted by molar-refractivity contribution is 0.0619. The van der Waals surface area contributed by atoms with E-state index < -0.39 is 0 Å². The Morgan fingerprint density at radius 2 is 2.24 bits per heavy atom. The van der Waals surface area contributed by atoms with Gasteiger partial charge in [-0.25, -0.2) is 4.98 Å². The number of aromatic nitrogens is 1. The fourth-order valence-corrected chi connectivity index (χ4v) is 1.86. The highest BCUT2D eigenvalue weighted by molar-refractivity contribution is 5.92. The fourth-order valence-electron chi connectivity index (χ4n) is 1.86. The molecule has 1 saturated heterocycles. The van der Waals surface area contributed by atoms with Gasteiger partial charge in [-0.15, -0.1) is 0 Å². The summed E-state index contributed by atoms with van der Waals surface area (Å²) in [6.45, 7) is 4.88. The highest BCUT2D eigenvalue weighted by atomic mass is 16.3. The van der Waals surface area contributed by atoms with Crippen molar-refractivity contribution < 1.29 is 9.21 Å². The summed E-state index contributed by atoms with van der Waals surface area (Å²) >= 11 is 0. The van der Waals surface area contributed by atoms with Gasteiger partial charge >= 0.3 is 0 Å². The Morgan fingerprint density at radius 3 is 2.76 bits per heavy atom. The first-order chi connectivity index (χ1) is 8.22. The zero-order chi connectivity index (χ0) is 12.3. The van der Waals surface area contributed by atoms with Crippen LogP contribution < -0.4 is 0 Å². The fraction of sp³-hybridized carbons (Fsp3) is 0.545. The lowest BCUT2D eigenvalue weighted by atomic mass is 10.2. The van der Waals surface area contributed by atoms with Crippen LogP contribution in [0.5, 0.6) is 0 Å². The van der Waals surface area contributed by atoms with Crippen molar-refractivity contribution in [3.63, 3.8) is 0 Å². The molecule has 1 aromatic heterocycles. The molecular weight excluding hydrogens is 220 g/mol. The molecule has 0 saturated carbocycles. The van der Waals surface area contributed by atoms with Crippen LogP contribution >= 0.6 is 0 Å². The number of rotatable bonds is 2. The van der Waals surface area contributed by atoms with Crippen LogP contribution in [0.4, 0.5) is 0 Å². The standard InChI is InChI=1S/C11H14N4O2/c1-9-10(17-8-13-9)11(16)15-6-4-14(3-2-12)5-7-15/h8H,3-7H2,1H3. The SMILES string of the molecule is Cc1ncoc1C(=O)N1CCN(CC#N)CC1. The molecule has 0 aliphatic carbocycles. The third kappa shape index (κ3) is 2.45. The lowest BCUT2D eigenvalue weighted by Gasteiger charge is -2.32. The Hall–Kier alpha value is -1.87. The zero-order valence-corrected chi connectivity index (χ0v) is 9.72. The minimum atomic E-state index is -0.114. The number of carbonyl (C=O) groups excluding carboxylic acids is 1. The molecule has 0 atom stereocenters. The van der Waals surface area contributed by atoms with E-state index >= 15 is 0 Å². The molecule has 0 spiro atoms. The van der Waals surface area contributed by atoms with Gasteiger partial charge in [0.2, 0.25) is 5.76 Å². The summed E-state index contributed by atoms with van der Waals surface area (Å²) < 4.78 is 5.09. The zero-order valence-electron chi connectivity index (χ0n) is 9.72. The predicted octanol–water partition coefficient (Wildman–Crippen LogP) is 0.264. The van der Waals surface area contributed by atoms with E-state index in [4.69, 9.17) is 9.68 Å². The highest BCUT2D eigenvalue weighted by Gasteiger charge is 2.25. The number of nitriles is 1. The molecule has 6 heteroatoms. The second-order valence-electron chi connectivity index (χ2n) is 3.99. The van der Waals surface area contributed by atoms with Crippen molar-refractivity contribution in [2.75, 3.05) is 32.7 Å². The van der Waals surface area contributed by atoms with Gasteiger partial charge in [-0.05, 0) is 6.92 Å². The second kappa shape index (κ2) is 4.97. The third-order valence-electron chi connectivity index (χ3n) is 2.89. The van der Waals surface area contributed by atoms with Crippen LogP contribution in [0.3, 0.4) is 0 Å². The number of amides is 1. The van der Waals surface area contributed by atoms with Crippen molar-refractivity contribution in [3.05, 3.63) is 17.8 Å². The van der Waals surface area contributed by atoms with Crippen LogP contribution in [0.2, 0.25) is 0 Å². The molecule has 2 heterocycles. The molecule has 90 valence electrons. The molecule has 17 heavy (non-hydrogen) atoms. The number of carbonyl (C=O) groups is 1. The first-order valence-electron chi connectivity index (χ1n) is 5.51. The Bertz CT molecular complexity index is 441. The average Bonchev–Trinajstić information content (AvgIpc) is 2.76. The number of piperazine rings is 1. The molecule has 2 rings (SSSR count). The predicted molar refractivity (Wildman–Crippen MR) is 59.2 cm³/mol. The van der Waals surface area contributed by atoms with E-state index in [2.05, 4.69) is 11.1 Å². The maximum atomic E-state index is 12.1. The number of hydrogen-bond acceptors (Lipinski definition) is 5. The van der Waals surface area contributed by atoms with E-state index in [1.165, 1.54) is 6.39 Å². The summed E-state index contributed by atoms with van der Waals surface area (Å²) in [5.41, 5.74) is 0.620. The van der Waals surface area contributed by atoms with Gasteiger partial charge in [0, 0.05) is 26.2 Å². The molecule has 0 unspecified atom stereocenters. The first kappa shape index (κ1) is 11.6. The number of oxazole rings is 1. The summed E-state index contributed by atoms with van der Waals surface area (Å²) in [6, 6.07) is 2.11. The maximum Gasteiger partial charge on any atom is 0.291 e. The third-order valence-corrected chi connectivity index (χ3v) is 2.89. The van der Waals surface area contributed by atoms with Crippen LogP contribution in [-0.2, 0) is 0 Å². The first-order valence-corrected chi connectivity index (χ1v) is 5.51. The molecule has 0 N–H and O–H groups in total. The van der Waals surface area contributed by atoms with E-state index in [1.54, 1.807) is 11.8 Å². The summed E-state index contributed by atoms with van der Waals surface area (Å²) in [7, 11) is 0. The molecule has 0 aromatic carbocycles. The number of hydrogen-bond donors (Lipinski definition) is 0. The van der Waals surface area contributed by atoms with Crippen molar-refractivity contribution in [3.8, 4) is 6.07 Å². The van der Waals surface area contributed by atoms with Crippen molar-refractivity contribution in [1.29, 1.82) is 5.26 Å². The van der Waals surface area contributed by atoms with Gasteiger partial charge in [0.1, 0.15) is 0 Å². The Labute approximate surface area is 99.4 Å². The van der Waals surface area contributed by atoms with E-state index in [0.29, 0.717) is 31.1 Å². The molecule has 1 fully saturated rings. The molecule has 0 radical (unpaired) electrons. The maximum absolute atomic E-state index is 12.1. The summed E-state index contributed by atoms with van der Waals surface area (Å²) in [5.74, 6) is 0.204. The number of nitrogens with zero attached hydrogens (tertiary/aromatic N) is 4. The Balaban J connectivity index is 1.96. The van der Waals surface area contributed by atoms with Gasteiger partial charge < -0.3 is 9.32 Å². The van der Waals surface area contributed by atoms with Gasteiger partial charge in [0.25, 0.3) is 5.91 Å². The summed E-state index contributed by atoms with van der Waals surface area (Å²) in [5, 5.41) is 8.58. The molecule has 1 amide bonds. The van der Waals surface area contributed by atoms with Crippen LogP contribution in [0, 0.1) is 18.3 Å². The largest absolute Gasteiger partial charge is 0.438 e. The summed E-state index contributed by atoms with van der Waals surface area (Å²) in [4.78, 5) is 19.7. The van der Waals surface area contributed by atoms with Gasteiger partial charge in [-0.1, -0.05) is 0 Å². The van der Waals surface area contributed by atoms with E-state index in [1.807, 2.05) is 4.90 Å². The van der Waals surface area contributed by atoms with Crippen LogP contribution in [0.15, 0.2) is 10.8 Å². The van der Waals surface area contributed by atoms with Crippen molar-refractivity contribution in [2.24, 2.45) is 0 Å². The molecule has 0 bridgehead atoms. The summed E-state index contributed by atoms with van der Waals surface area (Å²) in [6.07, 6.45) is 1.29. The van der Waals surface area contributed by atoms with Crippen LogP contribution in [-0.4, -0.2) is 53.4 Å². The van der Waals surface area contributed by atoms with Crippen molar-refractivity contribution in [2.45, 2.75) is 6.92 Å². The van der Waals surface area contributed by atoms with Crippen molar-refractivity contribution >= 4 is 5.91 Å². The van der Waals surface area contributed by atoms with Crippen LogP contribution in [0.1, 0.15) is 16.2 Å². The lowest BCUT2D eigenvalue weighted by Crippen LogP contribution is -2.48. The Kier molecular flexibility index (Phi) is 3.40. The van der Waals surface area contributed by atoms with E-state index in [-0.39, 0.29) is 5.91 Å². The van der Waals surface area contributed by atoms with Gasteiger partial charge in [0.15, 0.2) is 6.39 Å².